The highest BCUT2D eigenvalue weighted by Crippen LogP contribution is 2.25. The number of aliphatic hydroxyl groups excluding tert-OH is 1. The second kappa shape index (κ2) is 5.47. The average molecular weight is 294 g/mol. The summed E-state index contributed by atoms with van der Waals surface area (Å²) in [4.78, 5) is 15.8. The number of hydrogen-bond acceptors (Lipinski definition) is 4. The van der Waals surface area contributed by atoms with Crippen molar-refractivity contribution in [3.05, 3.63) is 58.0 Å². The van der Waals surface area contributed by atoms with Crippen molar-refractivity contribution in [2.45, 2.75) is 12.8 Å². The first-order valence-corrected chi connectivity index (χ1v) is 6.87. The number of aliphatic hydroxyl groups is 1. The standard InChI is InChI=1S/C16H14N4O2/c1-10(9-21)13-14(11-5-3-2-4-6-11)19-15-12(7-17)8-18-20(15)16(13)22/h2-6,8,10,19,21H,9H2,1H3. The molecule has 2 aromatic heterocycles. The highest BCUT2D eigenvalue weighted by atomic mass is 16.3. The molecule has 1 unspecified atom stereocenters. The molecule has 0 aliphatic rings. The predicted octanol–water partition coefficient (Wildman–Crippen LogP) is 1.66. The number of aromatic nitrogens is 3. The third-order valence-corrected chi connectivity index (χ3v) is 3.65. The minimum Gasteiger partial charge on any atom is -0.396 e. The van der Waals surface area contributed by atoms with Gasteiger partial charge in [0.1, 0.15) is 11.6 Å². The number of nitrogens with zero attached hydrogens (tertiary/aromatic N) is 3. The van der Waals surface area contributed by atoms with Gasteiger partial charge in [0.05, 0.1) is 11.9 Å². The van der Waals surface area contributed by atoms with Crippen molar-refractivity contribution in [3.8, 4) is 17.3 Å². The summed E-state index contributed by atoms with van der Waals surface area (Å²) < 4.78 is 1.17. The topological polar surface area (TPSA) is 94.2 Å². The Balaban J connectivity index is 2.42. The molecule has 6 heteroatoms. The largest absolute Gasteiger partial charge is 0.396 e. The molecule has 3 aromatic rings. The van der Waals surface area contributed by atoms with Crippen LogP contribution in [0.15, 0.2) is 41.3 Å². The van der Waals surface area contributed by atoms with E-state index in [0.29, 0.717) is 22.5 Å². The Labute approximate surface area is 126 Å². The second-order valence-corrected chi connectivity index (χ2v) is 5.10. The number of nitrogens with one attached hydrogen (secondary N) is 1. The van der Waals surface area contributed by atoms with Gasteiger partial charge in [-0.05, 0) is 5.56 Å². The molecule has 22 heavy (non-hydrogen) atoms. The predicted molar refractivity (Wildman–Crippen MR) is 81.5 cm³/mol. The van der Waals surface area contributed by atoms with Gasteiger partial charge in [-0.25, -0.2) is 0 Å². The maximum Gasteiger partial charge on any atom is 0.278 e. The van der Waals surface area contributed by atoms with Crippen LogP contribution in [0.5, 0.6) is 0 Å². The van der Waals surface area contributed by atoms with Crippen molar-refractivity contribution in [1.82, 2.24) is 14.6 Å². The molecule has 0 aliphatic carbocycles. The van der Waals surface area contributed by atoms with Crippen molar-refractivity contribution in [1.29, 1.82) is 5.26 Å². The van der Waals surface area contributed by atoms with Crippen LogP contribution in [0.2, 0.25) is 0 Å². The van der Waals surface area contributed by atoms with E-state index in [1.807, 2.05) is 36.4 Å². The first-order valence-electron chi connectivity index (χ1n) is 6.87. The lowest BCUT2D eigenvalue weighted by molar-refractivity contribution is 0.272. The molecule has 1 aromatic carbocycles. The Morgan fingerprint density at radius 1 is 1.41 bits per heavy atom. The molecule has 1 atom stereocenters. The summed E-state index contributed by atoms with van der Waals surface area (Å²) in [6, 6.07) is 11.4. The van der Waals surface area contributed by atoms with Gasteiger partial charge in [0.2, 0.25) is 0 Å². The first-order chi connectivity index (χ1) is 10.7. The van der Waals surface area contributed by atoms with Gasteiger partial charge in [-0.2, -0.15) is 14.9 Å². The van der Waals surface area contributed by atoms with Crippen LogP contribution in [0.3, 0.4) is 0 Å². The van der Waals surface area contributed by atoms with Crippen molar-refractivity contribution < 1.29 is 5.11 Å². The van der Waals surface area contributed by atoms with Crippen molar-refractivity contribution in [2.75, 3.05) is 6.61 Å². The average Bonchev–Trinajstić information content (AvgIpc) is 2.98. The summed E-state index contributed by atoms with van der Waals surface area (Å²) >= 11 is 0. The molecule has 0 spiro atoms. The monoisotopic (exact) mass is 294 g/mol. The highest BCUT2D eigenvalue weighted by molar-refractivity contribution is 5.68. The number of H-pyrrole nitrogens is 1. The molecular weight excluding hydrogens is 280 g/mol. The van der Waals surface area contributed by atoms with Crippen LogP contribution in [0.4, 0.5) is 0 Å². The van der Waals surface area contributed by atoms with Gasteiger partial charge in [0.25, 0.3) is 5.56 Å². The maximum atomic E-state index is 12.7. The summed E-state index contributed by atoms with van der Waals surface area (Å²) in [6.45, 7) is 1.62. The van der Waals surface area contributed by atoms with E-state index in [9.17, 15) is 9.90 Å². The third-order valence-electron chi connectivity index (χ3n) is 3.65. The van der Waals surface area contributed by atoms with E-state index in [1.165, 1.54) is 10.7 Å². The number of nitriles is 1. The van der Waals surface area contributed by atoms with Crippen LogP contribution in [0.1, 0.15) is 24.0 Å². The zero-order chi connectivity index (χ0) is 15.7. The molecule has 0 bridgehead atoms. The van der Waals surface area contributed by atoms with E-state index >= 15 is 0 Å². The van der Waals surface area contributed by atoms with Gasteiger partial charge in [0.15, 0.2) is 5.65 Å². The van der Waals surface area contributed by atoms with Crippen LogP contribution < -0.4 is 5.56 Å². The zero-order valence-electron chi connectivity index (χ0n) is 11.9. The Hall–Kier alpha value is -2.91. The smallest absolute Gasteiger partial charge is 0.278 e. The Bertz CT molecular complexity index is 919. The fourth-order valence-electron chi connectivity index (χ4n) is 2.49. The Morgan fingerprint density at radius 3 is 2.77 bits per heavy atom. The lowest BCUT2D eigenvalue weighted by Gasteiger charge is -2.14. The summed E-state index contributed by atoms with van der Waals surface area (Å²) in [7, 11) is 0. The molecule has 2 heterocycles. The third kappa shape index (κ3) is 2.08. The van der Waals surface area contributed by atoms with Gasteiger partial charge in [0, 0.05) is 18.1 Å². The number of rotatable bonds is 3. The molecule has 0 saturated carbocycles. The van der Waals surface area contributed by atoms with Gasteiger partial charge in [-0.15, -0.1) is 0 Å². The SMILES string of the molecule is CC(CO)c1c(-c2ccccc2)[nH]c2c(C#N)cnn2c1=O. The first kappa shape index (κ1) is 14.0. The molecule has 0 amide bonds. The van der Waals surface area contributed by atoms with Crippen LogP contribution in [-0.2, 0) is 0 Å². The molecule has 110 valence electrons. The van der Waals surface area contributed by atoms with Crippen LogP contribution in [-0.4, -0.2) is 26.3 Å². The quantitative estimate of drug-likeness (QED) is 0.768. The van der Waals surface area contributed by atoms with Gasteiger partial charge in [-0.1, -0.05) is 37.3 Å². The number of benzene rings is 1. The summed E-state index contributed by atoms with van der Waals surface area (Å²) in [5, 5.41) is 22.6. The van der Waals surface area contributed by atoms with Crippen LogP contribution in [0, 0.1) is 11.3 Å². The van der Waals surface area contributed by atoms with Crippen LogP contribution in [0.25, 0.3) is 16.9 Å². The van der Waals surface area contributed by atoms with E-state index in [4.69, 9.17) is 5.26 Å². The minimum absolute atomic E-state index is 0.152. The molecule has 0 saturated heterocycles. The molecule has 0 radical (unpaired) electrons. The van der Waals surface area contributed by atoms with E-state index in [-0.39, 0.29) is 18.1 Å². The molecule has 6 nitrogen and oxygen atoms in total. The van der Waals surface area contributed by atoms with Gasteiger partial charge >= 0.3 is 0 Å². The highest BCUT2D eigenvalue weighted by Gasteiger charge is 2.20. The lowest BCUT2D eigenvalue weighted by Crippen LogP contribution is -2.24. The van der Waals surface area contributed by atoms with Crippen LogP contribution >= 0.6 is 0 Å². The molecule has 0 aliphatic heterocycles. The Morgan fingerprint density at radius 2 is 2.14 bits per heavy atom. The second-order valence-electron chi connectivity index (χ2n) is 5.10. The van der Waals surface area contributed by atoms with Gasteiger partial charge < -0.3 is 10.1 Å². The van der Waals surface area contributed by atoms with E-state index in [2.05, 4.69) is 10.1 Å². The number of hydrogen-bond donors (Lipinski definition) is 2. The normalized spacial score (nSPS) is 12.2. The molecule has 3 rings (SSSR count). The summed E-state index contributed by atoms with van der Waals surface area (Å²) in [6.07, 6.45) is 1.36. The minimum atomic E-state index is -0.349. The lowest BCUT2D eigenvalue weighted by atomic mass is 9.97. The van der Waals surface area contributed by atoms with Gasteiger partial charge in [-0.3, -0.25) is 4.79 Å². The van der Waals surface area contributed by atoms with E-state index < -0.39 is 0 Å². The summed E-state index contributed by atoms with van der Waals surface area (Å²) in [5.41, 5.74) is 2.22. The van der Waals surface area contributed by atoms with Crippen molar-refractivity contribution in [3.63, 3.8) is 0 Å². The summed E-state index contributed by atoms with van der Waals surface area (Å²) in [5.74, 6) is -0.349. The molecule has 2 N–H and O–H groups in total. The molecular formula is C16H14N4O2. The van der Waals surface area contributed by atoms with E-state index in [1.54, 1.807) is 6.92 Å². The number of fused-ring (bicyclic) bond motifs is 1. The fourth-order valence-corrected chi connectivity index (χ4v) is 2.49. The maximum absolute atomic E-state index is 12.7. The molecule has 0 fully saturated rings. The van der Waals surface area contributed by atoms with E-state index in [0.717, 1.165) is 5.56 Å². The van der Waals surface area contributed by atoms with Crippen molar-refractivity contribution in [2.24, 2.45) is 0 Å². The zero-order valence-corrected chi connectivity index (χ0v) is 11.9. The van der Waals surface area contributed by atoms with Crippen molar-refractivity contribution >= 4 is 5.65 Å². The fraction of sp³-hybridized carbons (Fsp3) is 0.188. The Kier molecular flexibility index (Phi) is 3.49. The number of aromatic amines is 1.